The van der Waals surface area contributed by atoms with E-state index in [4.69, 9.17) is 9.47 Å². The van der Waals surface area contributed by atoms with Gasteiger partial charge >= 0.3 is 5.97 Å². The molecule has 0 heterocycles. The van der Waals surface area contributed by atoms with Crippen LogP contribution in [0.4, 0.5) is 0 Å². The summed E-state index contributed by atoms with van der Waals surface area (Å²) < 4.78 is 10.7. The van der Waals surface area contributed by atoms with Crippen LogP contribution in [-0.4, -0.2) is 25.1 Å². The number of hydrogen-bond acceptors (Lipinski definition) is 4. The third-order valence-corrected chi connectivity index (χ3v) is 4.68. The first-order valence-corrected chi connectivity index (χ1v) is 9.78. The third kappa shape index (κ3) is 5.70. The first-order chi connectivity index (χ1) is 14.5. The minimum atomic E-state index is -0.594. The maximum Gasteiger partial charge on any atom is 0.344 e. The van der Waals surface area contributed by atoms with Gasteiger partial charge in [0.2, 0.25) is 0 Å². The second-order valence-electron chi connectivity index (χ2n) is 6.99. The number of benzene rings is 3. The molecule has 0 atom stereocenters. The van der Waals surface area contributed by atoms with Crippen molar-refractivity contribution >= 4 is 11.9 Å². The number of aryl methyl sites for hydroxylation is 2. The van der Waals surface area contributed by atoms with Crippen molar-refractivity contribution in [2.45, 2.75) is 19.9 Å². The van der Waals surface area contributed by atoms with Crippen molar-refractivity contribution < 1.29 is 19.1 Å². The lowest BCUT2D eigenvalue weighted by Crippen LogP contribution is -2.33. The Morgan fingerprint density at radius 1 is 0.767 bits per heavy atom. The Morgan fingerprint density at radius 3 is 1.83 bits per heavy atom. The van der Waals surface area contributed by atoms with Crippen LogP contribution < -0.4 is 10.1 Å². The molecule has 154 valence electrons. The zero-order valence-corrected chi connectivity index (χ0v) is 17.1. The van der Waals surface area contributed by atoms with E-state index in [1.807, 2.05) is 92.7 Å². The van der Waals surface area contributed by atoms with E-state index in [9.17, 15) is 9.59 Å². The molecule has 3 aromatic carbocycles. The van der Waals surface area contributed by atoms with Gasteiger partial charge in [-0.05, 0) is 36.1 Å². The van der Waals surface area contributed by atoms with E-state index >= 15 is 0 Å². The van der Waals surface area contributed by atoms with E-state index in [2.05, 4.69) is 5.32 Å². The van der Waals surface area contributed by atoms with Crippen molar-refractivity contribution in [1.29, 1.82) is 0 Å². The van der Waals surface area contributed by atoms with Gasteiger partial charge in [0, 0.05) is 0 Å². The Morgan fingerprint density at radius 2 is 1.30 bits per heavy atom. The summed E-state index contributed by atoms with van der Waals surface area (Å²) >= 11 is 0. The number of rotatable bonds is 8. The quantitative estimate of drug-likeness (QED) is 0.575. The molecule has 0 saturated carbocycles. The maximum atomic E-state index is 12.5. The zero-order chi connectivity index (χ0) is 21.3. The van der Waals surface area contributed by atoms with Crippen molar-refractivity contribution in [2.24, 2.45) is 0 Å². The van der Waals surface area contributed by atoms with Crippen LogP contribution in [-0.2, 0) is 14.3 Å². The Hall–Kier alpha value is -3.60. The molecule has 0 aliphatic heterocycles. The normalized spacial score (nSPS) is 10.5. The molecule has 0 aromatic heterocycles. The molecule has 1 amide bonds. The molecule has 30 heavy (non-hydrogen) atoms. The largest absolute Gasteiger partial charge is 0.481 e. The van der Waals surface area contributed by atoms with Crippen LogP contribution in [0.25, 0.3) is 0 Å². The number of ether oxygens (including phenoxy) is 2. The van der Waals surface area contributed by atoms with E-state index in [-0.39, 0.29) is 25.2 Å². The fourth-order valence-electron chi connectivity index (χ4n) is 3.20. The molecule has 0 saturated heterocycles. The summed E-state index contributed by atoms with van der Waals surface area (Å²) in [5.74, 6) is -0.316. The number of esters is 1. The van der Waals surface area contributed by atoms with Gasteiger partial charge in [0.15, 0.2) is 13.2 Å². The van der Waals surface area contributed by atoms with Crippen LogP contribution in [0.1, 0.15) is 28.3 Å². The molecular formula is C25H25NO4. The monoisotopic (exact) mass is 403 g/mol. The van der Waals surface area contributed by atoms with Gasteiger partial charge in [0.25, 0.3) is 5.91 Å². The second-order valence-corrected chi connectivity index (χ2v) is 6.99. The fraction of sp³-hybridized carbons (Fsp3) is 0.200. The molecule has 5 nitrogen and oxygen atoms in total. The van der Waals surface area contributed by atoms with Crippen LogP contribution in [0, 0.1) is 13.8 Å². The van der Waals surface area contributed by atoms with Gasteiger partial charge in [0.1, 0.15) is 5.75 Å². The standard InChI is InChI=1S/C25H25NO4/c1-18-10-9-11-19(2)25(18)30-17-23(28)29-16-22(27)26-24(20-12-5-3-6-13-20)21-14-7-4-8-15-21/h3-15,24H,16-17H2,1-2H3,(H,26,27). The van der Waals surface area contributed by atoms with Gasteiger partial charge in [-0.2, -0.15) is 0 Å². The molecule has 0 spiro atoms. The first-order valence-electron chi connectivity index (χ1n) is 9.78. The summed E-state index contributed by atoms with van der Waals surface area (Å²) in [5, 5.41) is 2.94. The average Bonchev–Trinajstić information content (AvgIpc) is 2.77. The maximum absolute atomic E-state index is 12.5. The number of hydrogen-bond donors (Lipinski definition) is 1. The molecule has 0 fully saturated rings. The highest BCUT2D eigenvalue weighted by Crippen LogP contribution is 2.23. The van der Waals surface area contributed by atoms with Crippen LogP contribution in [0.15, 0.2) is 78.9 Å². The van der Waals surface area contributed by atoms with Gasteiger partial charge < -0.3 is 14.8 Å². The van der Waals surface area contributed by atoms with Gasteiger partial charge in [-0.3, -0.25) is 4.79 Å². The van der Waals surface area contributed by atoms with E-state index in [0.29, 0.717) is 5.75 Å². The highest BCUT2D eigenvalue weighted by atomic mass is 16.6. The smallest absolute Gasteiger partial charge is 0.344 e. The Bertz CT molecular complexity index is 927. The second kappa shape index (κ2) is 10.3. The number of nitrogens with one attached hydrogen (secondary N) is 1. The summed E-state index contributed by atoms with van der Waals surface area (Å²) in [6, 6.07) is 24.7. The van der Waals surface area contributed by atoms with Crippen LogP contribution in [0.2, 0.25) is 0 Å². The fourth-order valence-corrected chi connectivity index (χ4v) is 3.20. The molecule has 0 aliphatic carbocycles. The topological polar surface area (TPSA) is 64.6 Å². The van der Waals surface area contributed by atoms with Crippen molar-refractivity contribution in [3.63, 3.8) is 0 Å². The summed E-state index contributed by atoms with van der Waals surface area (Å²) in [7, 11) is 0. The van der Waals surface area contributed by atoms with Crippen LogP contribution in [0.3, 0.4) is 0 Å². The summed E-state index contributed by atoms with van der Waals surface area (Å²) in [4.78, 5) is 24.5. The van der Waals surface area contributed by atoms with Crippen molar-refractivity contribution in [2.75, 3.05) is 13.2 Å². The number of carbonyl (C=O) groups is 2. The number of carbonyl (C=O) groups excluding carboxylic acids is 2. The molecule has 0 bridgehead atoms. The van der Waals surface area contributed by atoms with Crippen molar-refractivity contribution in [3.8, 4) is 5.75 Å². The molecular weight excluding hydrogens is 378 g/mol. The van der Waals surface area contributed by atoms with Gasteiger partial charge in [0.05, 0.1) is 6.04 Å². The summed E-state index contributed by atoms with van der Waals surface area (Å²) in [6.07, 6.45) is 0. The first kappa shape index (κ1) is 21.1. The zero-order valence-electron chi connectivity index (χ0n) is 17.1. The van der Waals surface area contributed by atoms with Crippen LogP contribution >= 0.6 is 0 Å². The van der Waals surface area contributed by atoms with Gasteiger partial charge in [-0.25, -0.2) is 4.79 Å². The molecule has 0 aliphatic rings. The summed E-state index contributed by atoms with van der Waals surface area (Å²) in [5.41, 5.74) is 3.77. The van der Waals surface area contributed by atoms with E-state index in [1.165, 1.54) is 0 Å². The predicted octanol–water partition coefficient (Wildman–Crippen LogP) is 4.13. The van der Waals surface area contributed by atoms with Gasteiger partial charge in [-0.1, -0.05) is 78.9 Å². The lowest BCUT2D eigenvalue weighted by Gasteiger charge is -2.20. The molecule has 0 radical (unpaired) electrons. The number of amides is 1. The Kier molecular flexibility index (Phi) is 7.22. The van der Waals surface area contributed by atoms with Crippen molar-refractivity contribution in [3.05, 3.63) is 101 Å². The van der Waals surface area contributed by atoms with E-state index in [0.717, 1.165) is 22.3 Å². The lowest BCUT2D eigenvalue weighted by molar-refractivity contribution is -0.150. The SMILES string of the molecule is Cc1cccc(C)c1OCC(=O)OCC(=O)NC(c1ccccc1)c1ccccc1. The molecule has 1 N–H and O–H groups in total. The average molecular weight is 403 g/mol. The Labute approximate surface area is 176 Å². The van der Waals surface area contributed by atoms with E-state index in [1.54, 1.807) is 0 Å². The highest BCUT2D eigenvalue weighted by molar-refractivity contribution is 5.81. The predicted molar refractivity (Wildman–Crippen MR) is 115 cm³/mol. The van der Waals surface area contributed by atoms with Crippen molar-refractivity contribution in [1.82, 2.24) is 5.32 Å². The van der Waals surface area contributed by atoms with Crippen LogP contribution in [0.5, 0.6) is 5.75 Å². The van der Waals surface area contributed by atoms with E-state index < -0.39 is 5.97 Å². The highest BCUT2D eigenvalue weighted by Gasteiger charge is 2.18. The molecule has 3 aromatic rings. The minimum absolute atomic E-state index is 0.250. The Balaban J connectivity index is 1.56. The third-order valence-electron chi connectivity index (χ3n) is 4.68. The summed E-state index contributed by atoms with van der Waals surface area (Å²) in [6.45, 7) is 3.20. The molecule has 0 unspecified atom stereocenters. The molecule has 5 heteroatoms. The van der Waals surface area contributed by atoms with Gasteiger partial charge in [-0.15, -0.1) is 0 Å². The lowest BCUT2D eigenvalue weighted by atomic mass is 9.99. The molecule has 3 rings (SSSR count). The number of para-hydroxylation sites is 1. The minimum Gasteiger partial charge on any atom is -0.481 e.